The van der Waals surface area contributed by atoms with Crippen LogP contribution in [-0.2, 0) is 6.54 Å². The number of aromatic nitrogens is 1. The van der Waals surface area contributed by atoms with Crippen LogP contribution in [0.3, 0.4) is 0 Å². The second-order valence-electron chi connectivity index (χ2n) is 4.46. The van der Waals surface area contributed by atoms with Crippen molar-refractivity contribution < 1.29 is 0 Å². The zero-order valence-electron chi connectivity index (χ0n) is 9.92. The Labute approximate surface area is 112 Å². The van der Waals surface area contributed by atoms with Gasteiger partial charge in [-0.2, -0.15) is 0 Å². The minimum atomic E-state index is 0.450. The first-order valence-corrected chi connectivity index (χ1v) is 6.64. The molecule has 1 saturated heterocycles. The van der Waals surface area contributed by atoms with Crippen molar-refractivity contribution in [1.29, 1.82) is 0 Å². The number of hydrogen-bond acceptors (Lipinski definition) is 3. The molecule has 1 atom stereocenters. The van der Waals surface area contributed by atoms with Gasteiger partial charge in [-0.25, -0.2) is 4.98 Å². The molecule has 0 aromatic carbocycles. The number of likely N-dealkylation sites (tertiary alicyclic amines) is 1. The summed E-state index contributed by atoms with van der Waals surface area (Å²) in [6, 6.07) is 2.29. The van der Waals surface area contributed by atoms with Crippen LogP contribution in [0.25, 0.3) is 0 Å². The molecule has 0 radical (unpaired) electrons. The predicted octanol–water partition coefficient (Wildman–Crippen LogP) is 2.57. The fraction of sp³-hybridized carbons (Fsp3) is 0.583. The van der Waals surface area contributed by atoms with Crippen LogP contribution in [-0.4, -0.2) is 36.1 Å². The number of hydrogen-bond donors (Lipinski definition) is 1. The molecule has 17 heavy (non-hydrogen) atoms. The van der Waals surface area contributed by atoms with Crippen LogP contribution >= 0.6 is 23.2 Å². The zero-order chi connectivity index (χ0) is 12.3. The number of rotatable bonds is 3. The van der Waals surface area contributed by atoms with Gasteiger partial charge in [-0.1, -0.05) is 23.2 Å². The molecule has 0 bridgehead atoms. The third-order valence-electron chi connectivity index (χ3n) is 3.20. The number of halogens is 2. The van der Waals surface area contributed by atoms with E-state index >= 15 is 0 Å². The number of piperidine rings is 1. The van der Waals surface area contributed by atoms with E-state index in [-0.39, 0.29) is 0 Å². The summed E-state index contributed by atoms with van der Waals surface area (Å²) in [6.07, 6.45) is 4.25. The highest BCUT2D eigenvalue weighted by molar-refractivity contribution is 6.34. The van der Waals surface area contributed by atoms with Gasteiger partial charge < -0.3 is 5.32 Å². The summed E-state index contributed by atoms with van der Waals surface area (Å²) in [6.45, 7) is 3.04. The van der Waals surface area contributed by atoms with Crippen molar-refractivity contribution in [3.8, 4) is 0 Å². The van der Waals surface area contributed by atoms with Crippen LogP contribution in [0.15, 0.2) is 12.3 Å². The average Bonchev–Trinajstić information content (AvgIpc) is 2.33. The Hall–Kier alpha value is -0.350. The van der Waals surface area contributed by atoms with Crippen LogP contribution < -0.4 is 5.32 Å². The molecule has 2 heterocycles. The highest BCUT2D eigenvalue weighted by Crippen LogP contribution is 2.21. The molecule has 0 spiro atoms. The molecule has 0 amide bonds. The fourth-order valence-electron chi connectivity index (χ4n) is 2.23. The molecule has 1 unspecified atom stereocenters. The minimum absolute atomic E-state index is 0.450. The highest BCUT2D eigenvalue weighted by Gasteiger charge is 2.19. The molecular formula is C12H17Cl2N3. The van der Waals surface area contributed by atoms with Gasteiger partial charge >= 0.3 is 0 Å². The van der Waals surface area contributed by atoms with Gasteiger partial charge in [0.1, 0.15) is 5.15 Å². The quantitative estimate of drug-likeness (QED) is 0.859. The summed E-state index contributed by atoms with van der Waals surface area (Å²) in [5, 5.41) is 4.49. The molecule has 5 heteroatoms. The van der Waals surface area contributed by atoms with E-state index in [1.807, 2.05) is 7.05 Å². The van der Waals surface area contributed by atoms with Gasteiger partial charge in [0, 0.05) is 35.9 Å². The fourth-order valence-corrected chi connectivity index (χ4v) is 2.65. The number of pyridine rings is 1. The van der Waals surface area contributed by atoms with E-state index in [1.165, 1.54) is 12.8 Å². The molecule has 3 nitrogen and oxygen atoms in total. The van der Waals surface area contributed by atoms with Crippen LogP contribution in [0.4, 0.5) is 0 Å². The topological polar surface area (TPSA) is 28.2 Å². The largest absolute Gasteiger partial charge is 0.316 e. The Bertz CT molecular complexity index is 384. The van der Waals surface area contributed by atoms with Gasteiger partial charge in [0.05, 0.1) is 0 Å². The lowest BCUT2D eigenvalue weighted by Crippen LogP contribution is -2.43. The third-order valence-corrected chi connectivity index (χ3v) is 3.76. The lowest BCUT2D eigenvalue weighted by Gasteiger charge is -2.32. The maximum absolute atomic E-state index is 6.15. The van der Waals surface area contributed by atoms with Crippen molar-refractivity contribution in [2.24, 2.45) is 0 Å². The summed E-state index contributed by atoms with van der Waals surface area (Å²) in [7, 11) is 2.02. The van der Waals surface area contributed by atoms with E-state index in [4.69, 9.17) is 23.2 Å². The summed E-state index contributed by atoms with van der Waals surface area (Å²) in [5.41, 5.74) is 1.05. The molecule has 0 saturated carbocycles. The first-order valence-electron chi connectivity index (χ1n) is 5.88. The van der Waals surface area contributed by atoms with Crippen molar-refractivity contribution in [2.45, 2.75) is 25.4 Å². The number of nitrogens with zero attached hydrogens (tertiary/aromatic N) is 2. The van der Waals surface area contributed by atoms with Gasteiger partial charge in [0.15, 0.2) is 0 Å². The molecular weight excluding hydrogens is 257 g/mol. The Balaban J connectivity index is 2.00. The van der Waals surface area contributed by atoms with E-state index < -0.39 is 0 Å². The van der Waals surface area contributed by atoms with Crippen LogP contribution in [0.1, 0.15) is 18.4 Å². The number of likely N-dealkylation sites (N-methyl/N-ethyl adjacent to an activating group) is 1. The first kappa shape index (κ1) is 13.1. The minimum Gasteiger partial charge on any atom is -0.316 e. The molecule has 0 aliphatic carbocycles. The Morgan fingerprint density at radius 2 is 2.35 bits per heavy atom. The summed E-state index contributed by atoms with van der Waals surface area (Å²) >= 11 is 11.9. The third kappa shape index (κ3) is 3.55. The monoisotopic (exact) mass is 273 g/mol. The highest BCUT2D eigenvalue weighted by atomic mass is 35.5. The van der Waals surface area contributed by atoms with Crippen molar-refractivity contribution in [1.82, 2.24) is 15.2 Å². The van der Waals surface area contributed by atoms with E-state index in [0.29, 0.717) is 16.2 Å². The molecule has 1 aliphatic rings. The average molecular weight is 274 g/mol. The van der Waals surface area contributed by atoms with Gasteiger partial charge in [0.2, 0.25) is 0 Å². The Morgan fingerprint density at radius 1 is 1.53 bits per heavy atom. The second kappa shape index (κ2) is 6.01. The van der Waals surface area contributed by atoms with E-state index in [0.717, 1.165) is 25.2 Å². The summed E-state index contributed by atoms with van der Waals surface area (Å²) in [5.74, 6) is 0. The normalized spacial score (nSPS) is 21.7. The predicted molar refractivity (Wildman–Crippen MR) is 71.6 cm³/mol. The van der Waals surface area contributed by atoms with Crippen molar-refractivity contribution in [3.05, 3.63) is 28.0 Å². The maximum atomic E-state index is 6.15. The van der Waals surface area contributed by atoms with E-state index in [1.54, 1.807) is 12.3 Å². The zero-order valence-corrected chi connectivity index (χ0v) is 11.4. The van der Waals surface area contributed by atoms with Gasteiger partial charge in [-0.05, 0) is 32.5 Å². The molecule has 2 rings (SSSR count). The van der Waals surface area contributed by atoms with Crippen molar-refractivity contribution >= 4 is 23.2 Å². The lowest BCUT2D eigenvalue weighted by atomic mass is 10.1. The first-order chi connectivity index (χ1) is 8.19. The van der Waals surface area contributed by atoms with Crippen LogP contribution in [0.2, 0.25) is 10.2 Å². The Morgan fingerprint density at radius 3 is 3.06 bits per heavy atom. The van der Waals surface area contributed by atoms with Gasteiger partial charge in [-0.3, -0.25) is 4.90 Å². The Kier molecular flexibility index (Phi) is 4.62. The molecule has 1 aromatic heterocycles. The van der Waals surface area contributed by atoms with Gasteiger partial charge in [0.25, 0.3) is 0 Å². The number of nitrogens with one attached hydrogen (secondary N) is 1. The molecule has 94 valence electrons. The van der Waals surface area contributed by atoms with E-state index in [2.05, 4.69) is 15.2 Å². The maximum Gasteiger partial charge on any atom is 0.130 e. The lowest BCUT2D eigenvalue weighted by molar-refractivity contribution is 0.188. The summed E-state index contributed by atoms with van der Waals surface area (Å²) < 4.78 is 0. The molecule has 1 aromatic rings. The molecule has 1 N–H and O–H groups in total. The van der Waals surface area contributed by atoms with Crippen molar-refractivity contribution in [2.75, 3.05) is 20.1 Å². The summed E-state index contributed by atoms with van der Waals surface area (Å²) in [4.78, 5) is 6.49. The standard InChI is InChI=1S/C12H17Cl2N3/c1-15-10-3-2-4-17(8-10)7-9-6-16-12(14)5-11(9)13/h5-6,10,15H,2-4,7-8H2,1H3. The molecule has 1 aliphatic heterocycles. The van der Waals surface area contributed by atoms with Gasteiger partial charge in [-0.15, -0.1) is 0 Å². The van der Waals surface area contributed by atoms with E-state index in [9.17, 15) is 0 Å². The smallest absolute Gasteiger partial charge is 0.130 e. The second-order valence-corrected chi connectivity index (χ2v) is 5.26. The van der Waals surface area contributed by atoms with Crippen LogP contribution in [0.5, 0.6) is 0 Å². The van der Waals surface area contributed by atoms with Crippen LogP contribution in [0, 0.1) is 0 Å². The molecule has 1 fully saturated rings. The van der Waals surface area contributed by atoms with Crippen molar-refractivity contribution in [3.63, 3.8) is 0 Å². The SMILES string of the molecule is CNC1CCCN(Cc2cnc(Cl)cc2Cl)C1.